The summed E-state index contributed by atoms with van der Waals surface area (Å²) in [5.41, 5.74) is 6.65. The first-order valence-electron chi connectivity index (χ1n) is 10.4. The number of hydrogen-bond donors (Lipinski definition) is 3. The zero-order chi connectivity index (χ0) is 20.2. The summed E-state index contributed by atoms with van der Waals surface area (Å²) < 4.78 is 0. The smallest absolute Gasteiger partial charge is 0.220 e. The largest absolute Gasteiger partial charge is 0.369 e. The number of unbranched alkanes of at least 4 members (excludes halogenated alkanes) is 1. The lowest BCUT2D eigenvalue weighted by atomic mass is 9.96. The number of amides is 1. The number of aliphatic imine (C=N–C) groups is 1. The van der Waals surface area contributed by atoms with Crippen molar-refractivity contribution in [1.82, 2.24) is 15.5 Å². The number of nitrogens with one attached hydrogen (secondary N) is 2. The Morgan fingerprint density at radius 3 is 2.52 bits per heavy atom. The van der Waals surface area contributed by atoms with E-state index in [-0.39, 0.29) is 35.8 Å². The second kappa shape index (κ2) is 14.8. The number of carbonyl (C=O) groups excluding carboxylic acids is 1. The number of guanidine groups is 1. The first kappa shape index (κ1) is 26.0. The van der Waals surface area contributed by atoms with Crippen LogP contribution in [0.15, 0.2) is 29.3 Å². The Labute approximate surface area is 197 Å². The molecular weight excluding hydrogens is 501 g/mol. The van der Waals surface area contributed by atoms with Crippen molar-refractivity contribution >= 4 is 47.4 Å². The van der Waals surface area contributed by atoms with E-state index in [9.17, 15) is 4.79 Å². The molecule has 0 spiro atoms. The van der Waals surface area contributed by atoms with Crippen LogP contribution < -0.4 is 16.4 Å². The molecule has 0 saturated carbocycles. The standard InChI is InChI=1S/C21H34ClN5O.HI/c1-2-24-21(26-13-9-17-5-7-19(22)8-6-17)25-12-3-4-14-27-15-10-18(11-16-27)20(23)28;/h5-8,18H,2-4,9-16H2,1H3,(H2,23,28)(H2,24,25,26);1H. The number of rotatable bonds is 10. The van der Waals surface area contributed by atoms with E-state index in [0.717, 1.165) is 82.4 Å². The third-order valence-electron chi connectivity index (χ3n) is 5.11. The van der Waals surface area contributed by atoms with E-state index in [4.69, 9.17) is 17.3 Å². The van der Waals surface area contributed by atoms with Gasteiger partial charge >= 0.3 is 0 Å². The van der Waals surface area contributed by atoms with E-state index in [2.05, 4.69) is 39.6 Å². The fraction of sp³-hybridized carbons (Fsp3) is 0.619. The minimum Gasteiger partial charge on any atom is -0.369 e. The van der Waals surface area contributed by atoms with Gasteiger partial charge in [-0.25, -0.2) is 0 Å². The molecule has 0 aromatic heterocycles. The maximum atomic E-state index is 11.2. The molecule has 1 aliphatic rings. The van der Waals surface area contributed by atoms with Gasteiger partial charge in [0.1, 0.15) is 0 Å². The predicted molar refractivity (Wildman–Crippen MR) is 132 cm³/mol. The van der Waals surface area contributed by atoms with E-state index in [0.29, 0.717) is 0 Å². The first-order valence-corrected chi connectivity index (χ1v) is 10.7. The Kier molecular flexibility index (Phi) is 13.3. The lowest BCUT2D eigenvalue weighted by Crippen LogP contribution is -2.39. The number of halogens is 2. The van der Waals surface area contributed by atoms with Crippen LogP contribution in [0.1, 0.15) is 38.2 Å². The third-order valence-corrected chi connectivity index (χ3v) is 5.36. The van der Waals surface area contributed by atoms with Gasteiger partial charge in [-0.3, -0.25) is 9.79 Å². The van der Waals surface area contributed by atoms with Gasteiger partial charge in [0.25, 0.3) is 0 Å². The van der Waals surface area contributed by atoms with E-state index in [1.54, 1.807) is 0 Å². The number of nitrogens with zero attached hydrogens (tertiary/aromatic N) is 2. The molecule has 2 rings (SSSR count). The first-order chi connectivity index (χ1) is 13.6. The molecule has 4 N–H and O–H groups in total. The van der Waals surface area contributed by atoms with E-state index in [1.807, 2.05) is 12.1 Å². The van der Waals surface area contributed by atoms with Gasteiger partial charge in [0, 0.05) is 30.6 Å². The zero-order valence-electron chi connectivity index (χ0n) is 17.3. The Balaban J connectivity index is 0.00000420. The van der Waals surface area contributed by atoms with Crippen LogP contribution in [0, 0.1) is 5.92 Å². The quantitative estimate of drug-likeness (QED) is 0.186. The minimum absolute atomic E-state index is 0. The molecule has 0 unspecified atom stereocenters. The molecule has 1 amide bonds. The topological polar surface area (TPSA) is 82.8 Å². The van der Waals surface area contributed by atoms with Gasteiger partial charge in [-0.1, -0.05) is 23.7 Å². The monoisotopic (exact) mass is 535 g/mol. The number of benzene rings is 1. The van der Waals surface area contributed by atoms with Crippen molar-refractivity contribution in [2.45, 2.75) is 39.0 Å². The van der Waals surface area contributed by atoms with Crippen molar-refractivity contribution in [1.29, 1.82) is 0 Å². The summed E-state index contributed by atoms with van der Waals surface area (Å²) in [4.78, 5) is 18.3. The maximum Gasteiger partial charge on any atom is 0.220 e. The predicted octanol–water partition coefficient (Wildman–Crippen LogP) is 3.03. The van der Waals surface area contributed by atoms with Crippen LogP contribution in [0.2, 0.25) is 5.02 Å². The number of primary amides is 1. The molecule has 1 aromatic rings. The number of likely N-dealkylation sites (tertiary alicyclic amines) is 1. The average Bonchev–Trinajstić information content (AvgIpc) is 2.69. The van der Waals surface area contributed by atoms with Gasteiger partial charge in [0.15, 0.2) is 5.96 Å². The van der Waals surface area contributed by atoms with Crippen molar-refractivity contribution in [3.63, 3.8) is 0 Å². The van der Waals surface area contributed by atoms with Gasteiger partial charge in [-0.15, -0.1) is 24.0 Å². The molecule has 1 heterocycles. The molecule has 8 heteroatoms. The van der Waals surface area contributed by atoms with Crippen molar-refractivity contribution in [3.8, 4) is 0 Å². The second-order valence-electron chi connectivity index (χ2n) is 7.29. The molecular formula is C21H35ClIN5O. The number of hydrogen-bond acceptors (Lipinski definition) is 3. The van der Waals surface area contributed by atoms with E-state index < -0.39 is 0 Å². The molecule has 1 saturated heterocycles. The summed E-state index contributed by atoms with van der Waals surface area (Å²) in [6.45, 7) is 7.60. The molecule has 164 valence electrons. The highest BCUT2D eigenvalue weighted by Crippen LogP contribution is 2.16. The fourth-order valence-corrected chi connectivity index (χ4v) is 3.52. The maximum absolute atomic E-state index is 11.2. The number of carbonyl (C=O) groups is 1. The van der Waals surface area contributed by atoms with Crippen LogP contribution >= 0.6 is 35.6 Å². The Hall–Kier alpha value is -1.06. The van der Waals surface area contributed by atoms with Crippen LogP contribution in [0.4, 0.5) is 0 Å². The lowest BCUT2D eigenvalue weighted by Gasteiger charge is -2.30. The molecule has 0 radical (unpaired) electrons. The summed E-state index contributed by atoms with van der Waals surface area (Å²) >= 11 is 5.92. The van der Waals surface area contributed by atoms with Gasteiger partial charge in [0.2, 0.25) is 5.91 Å². The molecule has 1 aliphatic heterocycles. The number of nitrogens with two attached hydrogens (primary N) is 1. The molecule has 1 aromatic carbocycles. The number of piperidine rings is 1. The van der Waals surface area contributed by atoms with Gasteiger partial charge in [-0.2, -0.15) is 0 Å². The van der Waals surface area contributed by atoms with Gasteiger partial charge < -0.3 is 21.3 Å². The highest BCUT2D eigenvalue weighted by molar-refractivity contribution is 14.0. The van der Waals surface area contributed by atoms with Gasteiger partial charge in [0.05, 0.1) is 0 Å². The summed E-state index contributed by atoms with van der Waals surface area (Å²) in [5.74, 6) is 0.801. The molecule has 0 bridgehead atoms. The van der Waals surface area contributed by atoms with Crippen molar-refractivity contribution in [2.75, 3.05) is 39.3 Å². The summed E-state index contributed by atoms with van der Waals surface area (Å²) in [6.07, 6.45) is 4.91. The highest BCUT2D eigenvalue weighted by Gasteiger charge is 2.22. The van der Waals surface area contributed by atoms with Crippen LogP contribution in [0.25, 0.3) is 0 Å². The van der Waals surface area contributed by atoms with Crippen molar-refractivity contribution in [3.05, 3.63) is 34.9 Å². The molecule has 0 atom stereocenters. The van der Waals surface area contributed by atoms with E-state index in [1.165, 1.54) is 5.56 Å². The molecule has 1 fully saturated rings. The minimum atomic E-state index is -0.145. The molecule has 29 heavy (non-hydrogen) atoms. The van der Waals surface area contributed by atoms with Crippen LogP contribution in [0.5, 0.6) is 0 Å². The molecule has 6 nitrogen and oxygen atoms in total. The van der Waals surface area contributed by atoms with Crippen LogP contribution in [-0.2, 0) is 11.2 Å². The van der Waals surface area contributed by atoms with Crippen LogP contribution in [0.3, 0.4) is 0 Å². The Morgan fingerprint density at radius 2 is 1.90 bits per heavy atom. The van der Waals surface area contributed by atoms with Crippen molar-refractivity contribution < 1.29 is 4.79 Å². The van der Waals surface area contributed by atoms with E-state index >= 15 is 0 Å². The summed E-state index contributed by atoms with van der Waals surface area (Å²) in [6, 6.07) is 7.96. The fourth-order valence-electron chi connectivity index (χ4n) is 3.40. The molecule has 0 aliphatic carbocycles. The zero-order valence-corrected chi connectivity index (χ0v) is 20.4. The normalized spacial score (nSPS) is 15.6. The third kappa shape index (κ3) is 10.5. The average molecular weight is 536 g/mol. The second-order valence-corrected chi connectivity index (χ2v) is 7.73. The highest BCUT2D eigenvalue weighted by atomic mass is 127. The Bertz CT molecular complexity index is 618. The van der Waals surface area contributed by atoms with Crippen molar-refractivity contribution in [2.24, 2.45) is 16.6 Å². The van der Waals surface area contributed by atoms with Gasteiger partial charge in [-0.05, 0) is 76.4 Å². The Morgan fingerprint density at radius 1 is 1.21 bits per heavy atom. The summed E-state index contributed by atoms with van der Waals surface area (Å²) in [5, 5.41) is 7.46. The summed E-state index contributed by atoms with van der Waals surface area (Å²) in [7, 11) is 0. The SMILES string of the molecule is CCNC(=NCCCCN1CCC(C(N)=O)CC1)NCCc1ccc(Cl)cc1.I. The lowest BCUT2D eigenvalue weighted by molar-refractivity contribution is -0.123. The van der Waals surface area contributed by atoms with Crippen LogP contribution in [-0.4, -0.2) is 56.0 Å².